The molecule has 1 fully saturated rings. The number of amides is 2. The SMILES string of the molecule is CCCCC(=O)N1CSCC1C(=O)NCC(CCC)C(=O)O. The first-order valence-electron chi connectivity index (χ1n) is 7.88. The minimum atomic E-state index is -0.890. The lowest BCUT2D eigenvalue weighted by molar-refractivity contribution is -0.142. The first-order chi connectivity index (χ1) is 10.5. The molecule has 7 heteroatoms. The second-order valence-corrected chi connectivity index (χ2v) is 6.55. The zero-order valence-electron chi connectivity index (χ0n) is 13.3. The van der Waals surface area contributed by atoms with Crippen molar-refractivity contribution in [3.05, 3.63) is 0 Å². The molecule has 1 heterocycles. The maximum absolute atomic E-state index is 12.3. The van der Waals surface area contributed by atoms with Crippen LogP contribution in [0.4, 0.5) is 0 Å². The Morgan fingerprint density at radius 1 is 1.32 bits per heavy atom. The fourth-order valence-electron chi connectivity index (χ4n) is 2.38. The minimum absolute atomic E-state index is 0.00958. The largest absolute Gasteiger partial charge is 0.481 e. The molecule has 6 nitrogen and oxygen atoms in total. The summed E-state index contributed by atoms with van der Waals surface area (Å²) in [4.78, 5) is 37.1. The van der Waals surface area contributed by atoms with Crippen molar-refractivity contribution in [2.75, 3.05) is 18.2 Å². The molecule has 0 spiro atoms. The van der Waals surface area contributed by atoms with Crippen LogP contribution in [-0.4, -0.2) is 52.0 Å². The molecule has 0 aromatic rings. The van der Waals surface area contributed by atoms with Crippen molar-refractivity contribution in [2.24, 2.45) is 5.92 Å². The van der Waals surface area contributed by atoms with E-state index in [0.29, 0.717) is 24.5 Å². The number of thioether (sulfide) groups is 1. The summed E-state index contributed by atoms with van der Waals surface area (Å²) in [7, 11) is 0. The van der Waals surface area contributed by atoms with Crippen molar-refractivity contribution < 1.29 is 19.5 Å². The van der Waals surface area contributed by atoms with Crippen LogP contribution < -0.4 is 5.32 Å². The zero-order chi connectivity index (χ0) is 16.5. The second kappa shape index (κ2) is 9.71. The normalized spacial score (nSPS) is 19.0. The van der Waals surface area contributed by atoms with E-state index in [1.54, 1.807) is 16.7 Å². The molecule has 0 radical (unpaired) electrons. The molecule has 1 rings (SSSR count). The van der Waals surface area contributed by atoms with E-state index < -0.39 is 17.9 Å². The maximum Gasteiger partial charge on any atom is 0.308 e. The molecule has 0 aliphatic carbocycles. The van der Waals surface area contributed by atoms with Crippen LogP contribution in [0, 0.1) is 5.92 Å². The highest BCUT2D eigenvalue weighted by atomic mass is 32.2. The van der Waals surface area contributed by atoms with E-state index in [-0.39, 0.29) is 18.4 Å². The number of aliphatic carboxylic acids is 1. The van der Waals surface area contributed by atoms with Crippen LogP contribution in [0.3, 0.4) is 0 Å². The fourth-order valence-corrected chi connectivity index (χ4v) is 3.56. The van der Waals surface area contributed by atoms with Gasteiger partial charge in [-0.1, -0.05) is 26.7 Å². The van der Waals surface area contributed by atoms with Gasteiger partial charge in [0.05, 0.1) is 11.8 Å². The smallest absolute Gasteiger partial charge is 0.308 e. The van der Waals surface area contributed by atoms with Crippen LogP contribution in [0.2, 0.25) is 0 Å². The van der Waals surface area contributed by atoms with Gasteiger partial charge >= 0.3 is 5.97 Å². The Morgan fingerprint density at radius 3 is 2.64 bits per heavy atom. The molecule has 126 valence electrons. The molecule has 2 N–H and O–H groups in total. The van der Waals surface area contributed by atoms with Gasteiger partial charge in [0.25, 0.3) is 0 Å². The minimum Gasteiger partial charge on any atom is -0.481 e. The average Bonchev–Trinajstić information content (AvgIpc) is 2.98. The van der Waals surface area contributed by atoms with Crippen LogP contribution in [0.1, 0.15) is 46.0 Å². The first-order valence-corrected chi connectivity index (χ1v) is 9.04. The lowest BCUT2D eigenvalue weighted by Crippen LogP contribution is -2.48. The highest BCUT2D eigenvalue weighted by Gasteiger charge is 2.34. The molecule has 2 amide bonds. The zero-order valence-corrected chi connectivity index (χ0v) is 14.2. The van der Waals surface area contributed by atoms with Crippen molar-refractivity contribution in [1.82, 2.24) is 10.2 Å². The molecule has 22 heavy (non-hydrogen) atoms. The van der Waals surface area contributed by atoms with Gasteiger partial charge in [-0.05, 0) is 12.8 Å². The van der Waals surface area contributed by atoms with E-state index in [0.717, 1.165) is 19.3 Å². The third kappa shape index (κ3) is 5.51. The van der Waals surface area contributed by atoms with Crippen molar-refractivity contribution >= 4 is 29.5 Å². The number of hydrogen-bond donors (Lipinski definition) is 2. The Bertz CT molecular complexity index is 403. The Morgan fingerprint density at radius 2 is 2.05 bits per heavy atom. The van der Waals surface area contributed by atoms with Gasteiger partial charge in [0.15, 0.2) is 0 Å². The number of unbranched alkanes of at least 4 members (excludes halogenated alkanes) is 1. The lowest BCUT2D eigenvalue weighted by Gasteiger charge is -2.23. The summed E-state index contributed by atoms with van der Waals surface area (Å²) >= 11 is 1.56. The molecule has 2 unspecified atom stereocenters. The molecule has 2 atom stereocenters. The Hall–Kier alpha value is -1.24. The molecule has 0 bridgehead atoms. The van der Waals surface area contributed by atoms with Gasteiger partial charge in [-0.25, -0.2) is 0 Å². The third-order valence-electron chi connectivity index (χ3n) is 3.76. The predicted octanol–water partition coefficient (Wildman–Crippen LogP) is 1.70. The van der Waals surface area contributed by atoms with E-state index in [1.807, 2.05) is 13.8 Å². The summed E-state index contributed by atoms with van der Waals surface area (Å²) in [6, 6.07) is -0.467. The predicted molar refractivity (Wildman–Crippen MR) is 86.5 cm³/mol. The fraction of sp³-hybridized carbons (Fsp3) is 0.800. The highest BCUT2D eigenvalue weighted by molar-refractivity contribution is 7.99. The number of hydrogen-bond acceptors (Lipinski definition) is 4. The Kier molecular flexibility index (Phi) is 8.30. The van der Waals surface area contributed by atoms with Gasteiger partial charge in [0.2, 0.25) is 11.8 Å². The van der Waals surface area contributed by atoms with Crippen LogP contribution in [0.15, 0.2) is 0 Å². The molecule has 0 saturated carbocycles. The molecule has 1 saturated heterocycles. The number of carbonyl (C=O) groups excluding carboxylic acids is 2. The average molecular weight is 330 g/mol. The molecule has 0 aromatic carbocycles. The van der Waals surface area contributed by atoms with Gasteiger partial charge in [-0.2, -0.15) is 0 Å². The summed E-state index contributed by atoms with van der Waals surface area (Å²) in [5.41, 5.74) is 0. The van der Waals surface area contributed by atoms with Crippen molar-refractivity contribution in [1.29, 1.82) is 0 Å². The standard InChI is InChI=1S/C15H26N2O4S/c1-3-5-7-13(18)17-10-22-9-12(17)14(19)16-8-11(6-4-2)15(20)21/h11-12H,3-10H2,1-2H3,(H,16,19)(H,20,21). The van der Waals surface area contributed by atoms with Gasteiger partial charge in [0, 0.05) is 18.7 Å². The topological polar surface area (TPSA) is 86.7 Å². The summed E-state index contributed by atoms with van der Waals surface area (Å²) in [6.07, 6.45) is 3.53. The Balaban J connectivity index is 2.52. The molecular weight excluding hydrogens is 304 g/mol. The van der Waals surface area contributed by atoms with E-state index in [1.165, 1.54) is 0 Å². The molecule has 0 aromatic heterocycles. The monoisotopic (exact) mass is 330 g/mol. The van der Waals surface area contributed by atoms with E-state index in [4.69, 9.17) is 5.11 Å². The van der Waals surface area contributed by atoms with Crippen LogP contribution in [0.5, 0.6) is 0 Å². The molecule has 1 aliphatic heterocycles. The second-order valence-electron chi connectivity index (χ2n) is 5.55. The number of carboxylic acids is 1. The van der Waals surface area contributed by atoms with Gasteiger partial charge < -0.3 is 15.3 Å². The first kappa shape index (κ1) is 18.8. The summed E-state index contributed by atoms with van der Waals surface area (Å²) in [5.74, 6) is -0.564. The summed E-state index contributed by atoms with van der Waals surface area (Å²) in [6.45, 7) is 4.07. The maximum atomic E-state index is 12.3. The van der Waals surface area contributed by atoms with Gasteiger partial charge in [0.1, 0.15) is 6.04 Å². The van der Waals surface area contributed by atoms with Crippen LogP contribution >= 0.6 is 11.8 Å². The van der Waals surface area contributed by atoms with E-state index in [2.05, 4.69) is 5.32 Å². The highest BCUT2D eigenvalue weighted by Crippen LogP contribution is 2.22. The number of carboxylic acid groups (broad SMARTS) is 1. The number of carbonyl (C=O) groups is 3. The number of nitrogens with zero attached hydrogens (tertiary/aromatic N) is 1. The van der Waals surface area contributed by atoms with Gasteiger partial charge in [-0.3, -0.25) is 14.4 Å². The quantitative estimate of drug-likeness (QED) is 0.672. The molecule has 1 aliphatic rings. The van der Waals surface area contributed by atoms with Crippen molar-refractivity contribution in [2.45, 2.75) is 52.0 Å². The van der Waals surface area contributed by atoms with E-state index >= 15 is 0 Å². The Labute approximate surface area is 136 Å². The summed E-state index contributed by atoms with van der Waals surface area (Å²) in [5, 5.41) is 11.8. The number of rotatable bonds is 9. The lowest BCUT2D eigenvalue weighted by atomic mass is 10.0. The van der Waals surface area contributed by atoms with E-state index in [9.17, 15) is 14.4 Å². The molecular formula is C15H26N2O4S. The van der Waals surface area contributed by atoms with Crippen LogP contribution in [0.25, 0.3) is 0 Å². The van der Waals surface area contributed by atoms with Gasteiger partial charge in [-0.15, -0.1) is 11.8 Å². The third-order valence-corrected chi connectivity index (χ3v) is 4.77. The summed E-state index contributed by atoms with van der Waals surface area (Å²) < 4.78 is 0. The van der Waals surface area contributed by atoms with Crippen molar-refractivity contribution in [3.63, 3.8) is 0 Å². The van der Waals surface area contributed by atoms with Crippen LogP contribution in [-0.2, 0) is 14.4 Å². The number of nitrogens with one attached hydrogen (secondary N) is 1. The van der Waals surface area contributed by atoms with Crippen molar-refractivity contribution in [3.8, 4) is 0 Å².